The van der Waals surface area contributed by atoms with Gasteiger partial charge in [-0.25, -0.2) is 0 Å². The molecule has 0 aliphatic rings. The quantitative estimate of drug-likeness (QED) is 0.941. The SMILES string of the molecule is CN(C)c1cc(CCN)nc2c(Cl)ccc(Cl)c12. The summed E-state index contributed by atoms with van der Waals surface area (Å²) in [4.78, 5) is 6.55. The highest BCUT2D eigenvalue weighted by Crippen LogP contribution is 2.35. The Morgan fingerprint density at radius 3 is 2.50 bits per heavy atom. The van der Waals surface area contributed by atoms with Gasteiger partial charge in [-0.1, -0.05) is 23.2 Å². The predicted octanol–water partition coefficient (Wildman–Crippen LogP) is 3.11. The summed E-state index contributed by atoms with van der Waals surface area (Å²) in [5.74, 6) is 0. The maximum Gasteiger partial charge on any atom is 0.0927 e. The molecule has 2 N–H and O–H groups in total. The van der Waals surface area contributed by atoms with Crippen molar-refractivity contribution < 1.29 is 0 Å². The van der Waals surface area contributed by atoms with E-state index in [0.717, 1.165) is 28.7 Å². The summed E-state index contributed by atoms with van der Waals surface area (Å²) in [6.07, 6.45) is 0.722. The number of hydrogen-bond donors (Lipinski definition) is 1. The first kappa shape index (κ1) is 13.4. The number of halogens is 2. The van der Waals surface area contributed by atoms with Gasteiger partial charge in [0.15, 0.2) is 0 Å². The largest absolute Gasteiger partial charge is 0.377 e. The molecule has 0 fully saturated rings. The van der Waals surface area contributed by atoms with E-state index in [1.807, 2.05) is 25.1 Å². The lowest BCUT2D eigenvalue weighted by molar-refractivity contribution is 0.929. The highest BCUT2D eigenvalue weighted by atomic mass is 35.5. The molecule has 96 valence electrons. The van der Waals surface area contributed by atoms with Gasteiger partial charge in [-0.2, -0.15) is 0 Å². The monoisotopic (exact) mass is 283 g/mol. The number of pyridine rings is 1. The molecule has 18 heavy (non-hydrogen) atoms. The molecule has 0 saturated heterocycles. The third-order valence-electron chi connectivity index (χ3n) is 2.78. The Bertz CT molecular complexity index is 582. The Labute approximate surface area is 116 Å². The second-order valence-electron chi connectivity index (χ2n) is 4.32. The average Bonchev–Trinajstić information content (AvgIpc) is 2.33. The standard InChI is InChI=1S/C13H15Cl2N3/c1-18(2)11-7-8(5-6-16)17-13-10(15)4-3-9(14)12(11)13/h3-4,7H,5-6,16H2,1-2H3. The third kappa shape index (κ3) is 2.39. The summed E-state index contributed by atoms with van der Waals surface area (Å²) in [5, 5.41) is 2.15. The molecule has 5 heteroatoms. The molecule has 0 spiro atoms. The average molecular weight is 284 g/mol. The molecule has 0 aliphatic carbocycles. The number of anilines is 1. The Morgan fingerprint density at radius 1 is 1.22 bits per heavy atom. The zero-order valence-electron chi connectivity index (χ0n) is 10.4. The summed E-state index contributed by atoms with van der Waals surface area (Å²) in [5.41, 5.74) is 8.26. The van der Waals surface area contributed by atoms with Crippen LogP contribution >= 0.6 is 23.2 Å². The van der Waals surface area contributed by atoms with Crippen LogP contribution in [0.4, 0.5) is 5.69 Å². The number of nitrogens with two attached hydrogens (primary N) is 1. The van der Waals surface area contributed by atoms with Gasteiger partial charge in [0.2, 0.25) is 0 Å². The molecular formula is C13H15Cl2N3. The van der Waals surface area contributed by atoms with Crippen molar-refractivity contribution in [2.24, 2.45) is 5.73 Å². The first-order valence-electron chi connectivity index (χ1n) is 5.69. The van der Waals surface area contributed by atoms with Crippen molar-refractivity contribution in [3.05, 3.63) is 33.9 Å². The molecule has 0 amide bonds. The summed E-state index contributed by atoms with van der Waals surface area (Å²) in [7, 11) is 3.94. The number of nitrogens with zero attached hydrogens (tertiary/aromatic N) is 2. The van der Waals surface area contributed by atoms with E-state index in [1.54, 1.807) is 12.1 Å². The lowest BCUT2D eigenvalue weighted by Gasteiger charge is -2.18. The van der Waals surface area contributed by atoms with Gasteiger partial charge in [0.05, 0.1) is 15.6 Å². The summed E-state index contributed by atoms with van der Waals surface area (Å²) in [6.45, 7) is 0.559. The van der Waals surface area contributed by atoms with Crippen molar-refractivity contribution in [1.82, 2.24) is 4.98 Å². The van der Waals surface area contributed by atoms with Gasteiger partial charge < -0.3 is 10.6 Å². The van der Waals surface area contributed by atoms with Crippen LogP contribution in [0.25, 0.3) is 10.9 Å². The number of aromatic nitrogens is 1. The van der Waals surface area contributed by atoms with E-state index in [0.29, 0.717) is 16.6 Å². The van der Waals surface area contributed by atoms with Crippen LogP contribution in [0.1, 0.15) is 5.69 Å². The number of benzene rings is 1. The summed E-state index contributed by atoms with van der Waals surface area (Å²) >= 11 is 12.5. The molecule has 3 nitrogen and oxygen atoms in total. The van der Waals surface area contributed by atoms with Crippen molar-refractivity contribution in [3.8, 4) is 0 Å². The van der Waals surface area contributed by atoms with E-state index >= 15 is 0 Å². The summed E-state index contributed by atoms with van der Waals surface area (Å²) in [6, 6.07) is 5.58. The van der Waals surface area contributed by atoms with E-state index in [2.05, 4.69) is 4.98 Å². The first-order valence-corrected chi connectivity index (χ1v) is 6.45. The second kappa shape index (κ2) is 5.31. The second-order valence-corrected chi connectivity index (χ2v) is 5.13. The Balaban J connectivity index is 2.81. The molecule has 2 rings (SSSR count). The smallest absolute Gasteiger partial charge is 0.0927 e. The van der Waals surface area contributed by atoms with Crippen LogP contribution in [0.5, 0.6) is 0 Å². The minimum Gasteiger partial charge on any atom is -0.377 e. The highest BCUT2D eigenvalue weighted by molar-refractivity contribution is 6.40. The van der Waals surface area contributed by atoms with Crippen LogP contribution in [-0.2, 0) is 6.42 Å². The zero-order chi connectivity index (χ0) is 13.3. The van der Waals surface area contributed by atoms with Crippen LogP contribution in [-0.4, -0.2) is 25.6 Å². The van der Waals surface area contributed by atoms with Crippen LogP contribution in [0.15, 0.2) is 18.2 Å². The van der Waals surface area contributed by atoms with E-state index < -0.39 is 0 Å². The molecule has 1 aromatic carbocycles. The zero-order valence-corrected chi connectivity index (χ0v) is 11.9. The van der Waals surface area contributed by atoms with Gasteiger partial charge in [-0.3, -0.25) is 4.98 Å². The van der Waals surface area contributed by atoms with Crippen molar-refractivity contribution >= 4 is 39.8 Å². The van der Waals surface area contributed by atoms with Gasteiger partial charge in [0.25, 0.3) is 0 Å². The fourth-order valence-electron chi connectivity index (χ4n) is 1.93. The minimum absolute atomic E-state index is 0.559. The van der Waals surface area contributed by atoms with Crippen molar-refractivity contribution in [1.29, 1.82) is 0 Å². The Hall–Kier alpha value is -1.03. The molecule has 0 bridgehead atoms. The maximum atomic E-state index is 6.26. The summed E-state index contributed by atoms with van der Waals surface area (Å²) < 4.78 is 0. The number of hydrogen-bond acceptors (Lipinski definition) is 3. The van der Waals surface area contributed by atoms with Crippen molar-refractivity contribution in [3.63, 3.8) is 0 Å². The van der Waals surface area contributed by atoms with Gasteiger partial charge >= 0.3 is 0 Å². The molecule has 0 aliphatic heterocycles. The van der Waals surface area contributed by atoms with Crippen molar-refractivity contribution in [2.45, 2.75) is 6.42 Å². The van der Waals surface area contributed by atoms with Crippen LogP contribution in [0, 0.1) is 0 Å². The van der Waals surface area contributed by atoms with Crippen LogP contribution in [0.3, 0.4) is 0 Å². The molecule has 0 saturated carbocycles. The minimum atomic E-state index is 0.559. The lowest BCUT2D eigenvalue weighted by Crippen LogP contribution is -2.12. The molecule has 1 aromatic heterocycles. The van der Waals surface area contributed by atoms with Gasteiger partial charge in [0, 0.05) is 37.3 Å². The maximum absolute atomic E-state index is 6.26. The van der Waals surface area contributed by atoms with E-state index in [-0.39, 0.29) is 0 Å². The van der Waals surface area contributed by atoms with Gasteiger partial charge in [-0.05, 0) is 24.7 Å². The van der Waals surface area contributed by atoms with Crippen molar-refractivity contribution in [2.75, 3.05) is 25.5 Å². The molecule has 0 unspecified atom stereocenters. The fourth-order valence-corrected chi connectivity index (χ4v) is 2.38. The van der Waals surface area contributed by atoms with Gasteiger partial charge in [-0.15, -0.1) is 0 Å². The van der Waals surface area contributed by atoms with E-state index in [4.69, 9.17) is 28.9 Å². The van der Waals surface area contributed by atoms with Crippen LogP contribution < -0.4 is 10.6 Å². The predicted molar refractivity (Wildman–Crippen MR) is 78.8 cm³/mol. The molecule has 2 aromatic rings. The molecular weight excluding hydrogens is 269 g/mol. The van der Waals surface area contributed by atoms with Gasteiger partial charge in [0.1, 0.15) is 0 Å². The molecule has 1 heterocycles. The molecule has 0 radical (unpaired) electrons. The topological polar surface area (TPSA) is 42.1 Å². The Morgan fingerprint density at radius 2 is 1.89 bits per heavy atom. The fraction of sp³-hybridized carbons (Fsp3) is 0.308. The number of rotatable bonds is 3. The normalized spacial score (nSPS) is 10.9. The highest BCUT2D eigenvalue weighted by Gasteiger charge is 2.13. The first-order chi connectivity index (χ1) is 8.54. The van der Waals surface area contributed by atoms with E-state index in [9.17, 15) is 0 Å². The van der Waals surface area contributed by atoms with Crippen LogP contribution in [0.2, 0.25) is 10.0 Å². The lowest BCUT2D eigenvalue weighted by atomic mass is 10.1. The number of fused-ring (bicyclic) bond motifs is 1. The Kier molecular flexibility index (Phi) is 3.95. The molecule has 0 atom stereocenters. The van der Waals surface area contributed by atoms with E-state index in [1.165, 1.54) is 0 Å². The third-order valence-corrected chi connectivity index (χ3v) is 3.39.